The Hall–Kier alpha value is -3.85. The number of anilines is 1. The Morgan fingerprint density at radius 2 is 1.70 bits per heavy atom. The van der Waals surface area contributed by atoms with Gasteiger partial charge in [-0.25, -0.2) is 9.59 Å². The van der Waals surface area contributed by atoms with Gasteiger partial charge in [0.05, 0.1) is 25.3 Å². The number of carbonyl (C=O) groups excluding carboxylic acids is 3. The van der Waals surface area contributed by atoms with Crippen LogP contribution in [0.4, 0.5) is 10.5 Å². The second-order valence-electron chi connectivity index (χ2n) is 10.9. The van der Waals surface area contributed by atoms with E-state index in [2.05, 4.69) is 15.0 Å². The third-order valence-corrected chi connectivity index (χ3v) is 6.47. The van der Waals surface area contributed by atoms with Crippen LogP contribution < -0.4 is 10.1 Å². The van der Waals surface area contributed by atoms with Crippen molar-refractivity contribution in [2.24, 2.45) is 0 Å². The zero-order valence-corrected chi connectivity index (χ0v) is 24.6. The quantitative estimate of drug-likeness (QED) is 0.379. The molecule has 1 fully saturated rings. The minimum atomic E-state index is -0.523. The van der Waals surface area contributed by atoms with Crippen molar-refractivity contribution < 1.29 is 28.6 Å². The number of fused-ring (bicyclic) bond motifs is 1. The number of aryl methyl sites for hydroxylation is 1. The van der Waals surface area contributed by atoms with E-state index in [1.54, 1.807) is 35.9 Å². The summed E-state index contributed by atoms with van der Waals surface area (Å²) >= 11 is 0. The molecule has 1 N–H and O–H groups in total. The number of likely N-dealkylation sites (tertiary alicyclic amines) is 1. The molecule has 0 unspecified atom stereocenters. The summed E-state index contributed by atoms with van der Waals surface area (Å²) in [6.45, 7) is 12.1. The summed E-state index contributed by atoms with van der Waals surface area (Å²) < 4.78 is 17.4. The van der Waals surface area contributed by atoms with Crippen LogP contribution in [0.3, 0.4) is 0 Å². The first-order chi connectivity index (χ1) is 18.9. The van der Waals surface area contributed by atoms with E-state index >= 15 is 0 Å². The topological polar surface area (TPSA) is 99.1 Å². The van der Waals surface area contributed by atoms with Gasteiger partial charge in [0.25, 0.3) is 0 Å². The van der Waals surface area contributed by atoms with Gasteiger partial charge in [-0.1, -0.05) is 12.5 Å². The van der Waals surface area contributed by atoms with E-state index in [0.29, 0.717) is 11.3 Å². The molecule has 0 bridgehead atoms. The maximum atomic E-state index is 12.6. The summed E-state index contributed by atoms with van der Waals surface area (Å²) in [6, 6.07) is 10.6. The first-order valence-electron chi connectivity index (χ1n) is 13.5. The van der Waals surface area contributed by atoms with Gasteiger partial charge in [0, 0.05) is 36.3 Å². The van der Waals surface area contributed by atoms with E-state index < -0.39 is 11.6 Å². The van der Waals surface area contributed by atoms with E-state index in [-0.39, 0.29) is 12.0 Å². The van der Waals surface area contributed by atoms with Gasteiger partial charge in [0.2, 0.25) is 5.91 Å². The highest BCUT2D eigenvalue weighted by atomic mass is 16.6. The average molecular weight is 552 g/mol. The second kappa shape index (κ2) is 13.5. The summed E-state index contributed by atoms with van der Waals surface area (Å²) in [5, 5.41) is 3.65. The molecule has 1 saturated heterocycles. The fraction of sp³-hybridized carbons (Fsp3) is 0.452. The molecule has 216 valence electrons. The third-order valence-electron chi connectivity index (χ3n) is 6.47. The number of rotatable bonds is 5. The molecule has 40 heavy (non-hydrogen) atoms. The molecule has 0 saturated carbocycles. The predicted octanol–water partition coefficient (Wildman–Crippen LogP) is 6.16. The van der Waals surface area contributed by atoms with Gasteiger partial charge in [0.15, 0.2) is 0 Å². The zero-order chi connectivity index (χ0) is 29.4. The Balaban J connectivity index is 0.000000267. The molecule has 1 aliphatic heterocycles. The maximum Gasteiger partial charge on any atom is 0.419 e. The van der Waals surface area contributed by atoms with Crippen molar-refractivity contribution in [3.8, 4) is 5.75 Å². The molecular formula is C31H41N3O6. The van der Waals surface area contributed by atoms with Crippen molar-refractivity contribution in [2.45, 2.75) is 66.0 Å². The average Bonchev–Trinajstić information content (AvgIpc) is 3.36. The van der Waals surface area contributed by atoms with Crippen LogP contribution in [-0.2, 0) is 20.8 Å². The molecule has 2 aromatic carbocycles. The standard InChI is InChI=1S/C21H30N2O3.C10H11NO3/c1-15-13-18(25-5)17(14-22-10-7-6-8-11-22)16-9-12-23(19(15)16)20(24)26-21(2,3)4;1-7(12)11-9-5-3-4-8(6-9)10(13)14-2/h9,12-13H,6-8,10-11,14H2,1-5H3;3-6H,1-2H3,(H,11,12). The van der Waals surface area contributed by atoms with Crippen LogP contribution in [0.25, 0.3) is 10.9 Å². The highest BCUT2D eigenvalue weighted by Gasteiger charge is 2.23. The fourth-order valence-corrected chi connectivity index (χ4v) is 4.76. The summed E-state index contributed by atoms with van der Waals surface area (Å²) in [6.07, 6.45) is 5.27. The molecule has 0 radical (unpaired) electrons. The Morgan fingerprint density at radius 3 is 2.30 bits per heavy atom. The van der Waals surface area contributed by atoms with Gasteiger partial charge in [-0.05, 0) is 89.5 Å². The maximum absolute atomic E-state index is 12.6. The van der Waals surface area contributed by atoms with Crippen LogP contribution in [0.5, 0.6) is 5.75 Å². The Kier molecular flexibility index (Phi) is 10.3. The van der Waals surface area contributed by atoms with Gasteiger partial charge in [-0.2, -0.15) is 0 Å². The molecule has 3 aromatic rings. The van der Waals surface area contributed by atoms with Crippen molar-refractivity contribution in [3.05, 3.63) is 59.3 Å². The molecule has 9 nitrogen and oxygen atoms in total. The Morgan fingerprint density at radius 1 is 1.00 bits per heavy atom. The van der Waals surface area contributed by atoms with Crippen LogP contribution >= 0.6 is 0 Å². The molecular weight excluding hydrogens is 510 g/mol. The second-order valence-corrected chi connectivity index (χ2v) is 10.9. The Labute approximate surface area is 236 Å². The molecule has 1 amide bonds. The lowest BCUT2D eigenvalue weighted by atomic mass is 10.0. The molecule has 9 heteroatoms. The van der Waals surface area contributed by atoms with E-state index in [0.717, 1.165) is 47.4 Å². The summed E-state index contributed by atoms with van der Waals surface area (Å²) in [7, 11) is 3.03. The molecule has 0 aliphatic carbocycles. The number of ether oxygens (including phenoxy) is 3. The first kappa shape index (κ1) is 30.7. The lowest BCUT2D eigenvalue weighted by Crippen LogP contribution is -2.29. The Bertz CT molecular complexity index is 1350. The zero-order valence-electron chi connectivity index (χ0n) is 24.6. The number of hydrogen-bond donors (Lipinski definition) is 1. The number of hydrogen-bond acceptors (Lipinski definition) is 7. The first-order valence-corrected chi connectivity index (χ1v) is 13.5. The minimum Gasteiger partial charge on any atom is -0.496 e. The number of piperidine rings is 1. The summed E-state index contributed by atoms with van der Waals surface area (Å²) in [5.41, 5.74) is 3.55. The number of methoxy groups -OCH3 is 2. The van der Waals surface area contributed by atoms with Gasteiger partial charge >= 0.3 is 12.1 Å². The molecule has 1 aromatic heterocycles. The van der Waals surface area contributed by atoms with Crippen molar-refractivity contribution in [2.75, 3.05) is 32.6 Å². The van der Waals surface area contributed by atoms with Crippen molar-refractivity contribution >= 4 is 34.6 Å². The fourth-order valence-electron chi connectivity index (χ4n) is 4.76. The molecule has 0 atom stereocenters. The van der Waals surface area contributed by atoms with E-state index in [1.165, 1.54) is 33.3 Å². The van der Waals surface area contributed by atoms with Crippen LogP contribution in [0.2, 0.25) is 0 Å². The van der Waals surface area contributed by atoms with E-state index in [9.17, 15) is 14.4 Å². The van der Waals surface area contributed by atoms with Gasteiger partial charge < -0.3 is 19.5 Å². The highest BCUT2D eigenvalue weighted by molar-refractivity contribution is 5.95. The number of carbonyl (C=O) groups is 3. The number of nitrogens with zero attached hydrogens (tertiary/aromatic N) is 2. The monoisotopic (exact) mass is 551 g/mol. The van der Waals surface area contributed by atoms with Gasteiger partial charge in [-0.3, -0.25) is 14.3 Å². The molecule has 2 heterocycles. The lowest BCUT2D eigenvalue weighted by Gasteiger charge is -2.27. The predicted molar refractivity (Wildman–Crippen MR) is 156 cm³/mol. The number of aromatic nitrogens is 1. The van der Waals surface area contributed by atoms with Crippen molar-refractivity contribution in [1.29, 1.82) is 0 Å². The van der Waals surface area contributed by atoms with E-state index in [4.69, 9.17) is 9.47 Å². The molecule has 4 rings (SSSR count). The SMILES string of the molecule is COC(=O)c1cccc(NC(C)=O)c1.COc1cc(C)c2c(ccn2C(=O)OC(C)(C)C)c1CN1CCCCC1. The number of esters is 1. The van der Waals surface area contributed by atoms with Gasteiger partial charge in [-0.15, -0.1) is 0 Å². The summed E-state index contributed by atoms with van der Waals surface area (Å²) in [4.78, 5) is 37.0. The number of benzene rings is 2. The van der Waals surface area contributed by atoms with Crippen molar-refractivity contribution in [3.63, 3.8) is 0 Å². The third kappa shape index (κ3) is 8.08. The van der Waals surface area contributed by atoms with Gasteiger partial charge in [0.1, 0.15) is 11.4 Å². The number of nitrogens with one attached hydrogen (secondary N) is 1. The van der Waals surface area contributed by atoms with Crippen LogP contribution in [-0.4, -0.2) is 60.3 Å². The van der Waals surface area contributed by atoms with Crippen LogP contribution in [0.1, 0.15) is 68.4 Å². The largest absolute Gasteiger partial charge is 0.496 e. The smallest absolute Gasteiger partial charge is 0.419 e. The van der Waals surface area contributed by atoms with Crippen molar-refractivity contribution in [1.82, 2.24) is 9.47 Å². The van der Waals surface area contributed by atoms with Crippen LogP contribution in [0.15, 0.2) is 42.6 Å². The van der Waals surface area contributed by atoms with Crippen LogP contribution in [0, 0.1) is 6.92 Å². The molecule has 1 aliphatic rings. The normalized spacial score (nSPS) is 13.7. The summed E-state index contributed by atoms with van der Waals surface area (Å²) in [5.74, 6) is 0.298. The minimum absolute atomic E-state index is 0.174. The van der Waals surface area contributed by atoms with E-state index in [1.807, 2.05) is 46.0 Å². The number of amides is 1. The lowest BCUT2D eigenvalue weighted by molar-refractivity contribution is -0.114. The highest BCUT2D eigenvalue weighted by Crippen LogP contribution is 2.34. The molecule has 0 spiro atoms.